The molecule has 2 aromatic carbocycles. The Kier molecular flexibility index (Phi) is 4.13. The lowest BCUT2D eigenvalue weighted by Gasteiger charge is -2.24. The van der Waals surface area contributed by atoms with E-state index in [1.165, 1.54) is 23.3 Å². The second kappa shape index (κ2) is 6.70. The molecule has 0 aliphatic carbocycles. The average Bonchev–Trinajstić information content (AvgIpc) is 3.32. The van der Waals surface area contributed by atoms with Gasteiger partial charge in [0.1, 0.15) is 17.2 Å². The Labute approximate surface area is 172 Å². The van der Waals surface area contributed by atoms with Crippen LogP contribution in [0.1, 0.15) is 33.5 Å². The largest absolute Gasteiger partial charge is 0.467 e. The molecule has 0 bridgehead atoms. The van der Waals surface area contributed by atoms with Crippen molar-refractivity contribution in [2.75, 3.05) is 0 Å². The van der Waals surface area contributed by atoms with E-state index in [0.29, 0.717) is 5.76 Å². The summed E-state index contributed by atoms with van der Waals surface area (Å²) in [5, 5.41) is 0.110. The van der Waals surface area contributed by atoms with E-state index in [9.17, 15) is 14.0 Å². The fourth-order valence-corrected chi connectivity index (χ4v) is 3.98. The number of furan rings is 1. The predicted molar refractivity (Wildman–Crippen MR) is 107 cm³/mol. The minimum atomic E-state index is -0.667. The van der Waals surface area contributed by atoms with Crippen LogP contribution in [-0.2, 0) is 6.54 Å². The van der Waals surface area contributed by atoms with Gasteiger partial charge in [0, 0.05) is 4.47 Å². The summed E-state index contributed by atoms with van der Waals surface area (Å²) in [4.78, 5) is 28.0. The number of amides is 1. The van der Waals surface area contributed by atoms with E-state index in [1.54, 1.807) is 12.1 Å². The third-order valence-corrected chi connectivity index (χ3v) is 5.55. The Morgan fingerprint density at radius 1 is 1.07 bits per heavy atom. The van der Waals surface area contributed by atoms with Gasteiger partial charge in [0.15, 0.2) is 5.43 Å². The first kappa shape index (κ1) is 17.9. The summed E-state index contributed by atoms with van der Waals surface area (Å²) in [6, 6.07) is 13.9. The molecule has 7 heteroatoms. The Morgan fingerprint density at radius 3 is 2.59 bits per heavy atom. The second-order valence-corrected chi connectivity index (χ2v) is 7.70. The van der Waals surface area contributed by atoms with Crippen molar-refractivity contribution < 1.29 is 18.0 Å². The molecule has 5 nitrogen and oxygen atoms in total. The van der Waals surface area contributed by atoms with Crippen molar-refractivity contribution in [3.63, 3.8) is 0 Å². The van der Waals surface area contributed by atoms with Crippen LogP contribution in [0.15, 0.2) is 79.0 Å². The highest BCUT2D eigenvalue weighted by atomic mass is 79.9. The van der Waals surface area contributed by atoms with Crippen molar-refractivity contribution in [3.8, 4) is 0 Å². The van der Waals surface area contributed by atoms with Gasteiger partial charge in [0.2, 0.25) is 5.76 Å². The van der Waals surface area contributed by atoms with Gasteiger partial charge in [-0.05, 0) is 48.0 Å². The molecule has 1 atom stereocenters. The summed E-state index contributed by atoms with van der Waals surface area (Å²) in [5.41, 5.74) is 0.721. The van der Waals surface area contributed by atoms with Gasteiger partial charge in [0.05, 0.1) is 29.8 Å². The topological polar surface area (TPSA) is 63.7 Å². The lowest BCUT2D eigenvalue weighted by molar-refractivity contribution is 0.0701. The van der Waals surface area contributed by atoms with E-state index in [-0.39, 0.29) is 28.8 Å². The molecule has 0 radical (unpaired) electrons. The zero-order chi connectivity index (χ0) is 20.1. The molecule has 0 fully saturated rings. The molecule has 3 heterocycles. The molecular formula is C22H13BrFNO4. The van der Waals surface area contributed by atoms with Crippen LogP contribution in [0.25, 0.3) is 11.0 Å². The number of hydrogen-bond donors (Lipinski definition) is 0. The number of nitrogens with zero attached hydrogens (tertiary/aromatic N) is 1. The predicted octanol–water partition coefficient (Wildman–Crippen LogP) is 5.03. The van der Waals surface area contributed by atoms with Crippen molar-refractivity contribution in [2.24, 2.45) is 0 Å². The summed E-state index contributed by atoms with van der Waals surface area (Å²) in [7, 11) is 0. The maximum atomic E-state index is 13.8. The van der Waals surface area contributed by atoms with E-state index in [1.807, 2.05) is 24.3 Å². The Morgan fingerprint density at radius 2 is 1.86 bits per heavy atom. The van der Waals surface area contributed by atoms with E-state index in [0.717, 1.165) is 16.1 Å². The zero-order valence-corrected chi connectivity index (χ0v) is 16.5. The van der Waals surface area contributed by atoms with Crippen molar-refractivity contribution >= 4 is 32.8 Å². The summed E-state index contributed by atoms with van der Waals surface area (Å²) in [6.07, 6.45) is 1.53. The Bertz CT molecular complexity index is 1300. The zero-order valence-electron chi connectivity index (χ0n) is 14.9. The molecule has 0 saturated carbocycles. The van der Waals surface area contributed by atoms with E-state index in [2.05, 4.69) is 15.9 Å². The average molecular weight is 454 g/mol. The molecule has 1 aliphatic heterocycles. The van der Waals surface area contributed by atoms with Gasteiger partial charge in [-0.3, -0.25) is 9.59 Å². The quantitative estimate of drug-likeness (QED) is 0.436. The fraction of sp³-hybridized carbons (Fsp3) is 0.0909. The highest BCUT2D eigenvalue weighted by molar-refractivity contribution is 9.10. The van der Waals surface area contributed by atoms with Crippen LogP contribution in [0.5, 0.6) is 0 Å². The van der Waals surface area contributed by atoms with Crippen LogP contribution in [-0.4, -0.2) is 10.8 Å². The maximum absolute atomic E-state index is 13.8. The lowest BCUT2D eigenvalue weighted by atomic mass is 9.98. The highest BCUT2D eigenvalue weighted by Gasteiger charge is 2.43. The van der Waals surface area contributed by atoms with Crippen LogP contribution in [0.4, 0.5) is 4.39 Å². The second-order valence-electron chi connectivity index (χ2n) is 6.78. The monoisotopic (exact) mass is 453 g/mol. The normalized spacial score (nSPS) is 15.9. The van der Waals surface area contributed by atoms with Crippen LogP contribution >= 0.6 is 15.9 Å². The van der Waals surface area contributed by atoms with Crippen LogP contribution in [0.3, 0.4) is 0 Å². The molecule has 2 aromatic heterocycles. The molecule has 1 aliphatic rings. The van der Waals surface area contributed by atoms with E-state index < -0.39 is 23.2 Å². The standard InChI is InChI=1S/C22H13BrFNO4/c23-13-5-3-12(4-6-13)19-18-20(26)16-10-14(24)7-8-17(16)29-21(18)22(27)25(19)11-15-2-1-9-28-15/h1-10,19H,11H2. The molecule has 0 spiro atoms. The van der Waals surface area contributed by atoms with Gasteiger partial charge >= 0.3 is 0 Å². The van der Waals surface area contributed by atoms with Gasteiger partial charge in [-0.25, -0.2) is 4.39 Å². The van der Waals surface area contributed by atoms with Crippen molar-refractivity contribution in [3.05, 3.63) is 104 Å². The number of carbonyl (C=O) groups is 1. The summed E-state index contributed by atoms with van der Waals surface area (Å²) in [6.45, 7) is 0.168. The van der Waals surface area contributed by atoms with Gasteiger partial charge in [-0.15, -0.1) is 0 Å². The Hall–Kier alpha value is -3.19. The fourth-order valence-electron chi connectivity index (χ4n) is 3.72. The van der Waals surface area contributed by atoms with Gasteiger partial charge in [-0.2, -0.15) is 0 Å². The number of fused-ring (bicyclic) bond motifs is 2. The summed E-state index contributed by atoms with van der Waals surface area (Å²) in [5.74, 6) is -0.390. The minimum Gasteiger partial charge on any atom is -0.467 e. The van der Waals surface area contributed by atoms with Gasteiger partial charge < -0.3 is 13.7 Å². The molecule has 1 unspecified atom stereocenters. The summed E-state index contributed by atoms with van der Waals surface area (Å²) >= 11 is 3.40. The van der Waals surface area contributed by atoms with E-state index >= 15 is 0 Å². The number of hydrogen-bond acceptors (Lipinski definition) is 4. The first-order valence-corrected chi connectivity index (χ1v) is 9.67. The molecular weight excluding hydrogens is 441 g/mol. The first-order chi connectivity index (χ1) is 14.0. The third-order valence-electron chi connectivity index (χ3n) is 5.02. The van der Waals surface area contributed by atoms with Crippen molar-refractivity contribution in [1.29, 1.82) is 0 Å². The third kappa shape index (κ3) is 2.89. The lowest BCUT2D eigenvalue weighted by Crippen LogP contribution is -2.29. The van der Waals surface area contributed by atoms with Crippen LogP contribution in [0, 0.1) is 5.82 Å². The molecule has 4 aromatic rings. The first-order valence-electron chi connectivity index (χ1n) is 8.88. The van der Waals surface area contributed by atoms with Crippen LogP contribution in [0.2, 0.25) is 0 Å². The summed E-state index contributed by atoms with van der Waals surface area (Å²) < 4.78 is 25.8. The Balaban J connectivity index is 1.75. The SMILES string of the molecule is O=C1c2oc3ccc(F)cc3c(=O)c2C(c2ccc(Br)cc2)N1Cc1ccco1. The number of halogens is 2. The van der Waals surface area contributed by atoms with Gasteiger partial charge in [-0.1, -0.05) is 28.1 Å². The molecule has 1 amide bonds. The number of carbonyl (C=O) groups excluding carboxylic acids is 1. The van der Waals surface area contributed by atoms with Gasteiger partial charge in [0.25, 0.3) is 5.91 Å². The molecule has 29 heavy (non-hydrogen) atoms. The van der Waals surface area contributed by atoms with Crippen LogP contribution < -0.4 is 5.43 Å². The molecule has 0 saturated heterocycles. The van der Waals surface area contributed by atoms with Crippen molar-refractivity contribution in [2.45, 2.75) is 12.6 Å². The highest BCUT2D eigenvalue weighted by Crippen LogP contribution is 2.39. The van der Waals surface area contributed by atoms with E-state index in [4.69, 9.17) is 8.83 Å². The molecule has 144 valence electrons. The van der Waals surface area contributed by atoms with Crippen molar-refractivity contribution in [1.82, 2.24) is 4.90 Å². The number of benzene rings is 2. The molecule has 0 N–H and O–H groups in total. The maximum Gasteiger partial charge on any atom is 0.291 e. The smallest absolute Gasteiger partial charge is 0.291 e. The minimum absolute atomic E-state index is 0.0198. The number of rotatable bonds is 3. The molecule has 5 rings (SSSR count).